The van der Waals surface area contributed by atoms with Crippen LogP contribution in [-0.2, 0) is 19.1 Å². The van der Waals surface area contributed by atoms with Crippen molar-refractivity contribution in [1.82, 2.24) is 0 Å². The van der Waals surface area contributed by atoms with Crippen molar-refractivity contribution in [3.8, 4) is 0 Å². The molecule has 28 heavy (non-hydrogen) atoms. The van der Waals surface area contributed by atoms with Crippen LogP contribution in [0.1, 0.15) is 92.9 Å². The first-order chi connectivity index (χ1) is 13.3. The molecule has 0 N–H and O–H groups in total. The lowest BCUT2D eigenvalue weighted by Gasteiger charge is -2.20. The molecule has 4 nitrogen and oxygen atoms in total. The second kappa shape index (κ2) is 16.6. The van der Waals surface area contributed by atoms with Crippen molar-refractivity contribution < 1.29 is 19.1 Å². The number of rotatable bonds is 16. The Bertz CT molecular complexity index is 400. The summed E-state index contributed by atoms with van der Waals surface area (Å²) in [6.07, 6.45) is 11.2. The van der Waals surface area contributed by atoms with Crippen molar-refractivity contribution in [3.63, 3.8) is 0 Å². The Balaban J connectivity index is 4.10. The van der Waals surface area contributed by atoms with Crippen LogP contribution in [0.15, 0.2) is 12.2 Å². The smallest absolute Gasteiger partial charge is 0.331 e. The number of ether oxygens (including phenoxy) is 2. The molecule has 2 atom stereocenters. The molecule has 0 fully saturated rings. The SMILES string of the molecule is CCCCC(CCOC(=O)C=CC(=O)OCCC(CCCC)C(C)C)C(C)C. The van der Waals surface area contributed by atoms with Crippen LogP contribution in [-0.4, -0.2) is 25.2 Å². The summed E-state index contributed by atoms with van der Waals surface area (Å²) in [4.78, 5) is 23.6. The highest BCUT2D eigenvalue weighted by atomic mass is 16.5. The van der Waals surface area contributed by atoms with Crippen LogP contribution < -0.4 is 0 Å². The first kappa shape index (κ1) is 26.7. The number of carbonyl (C=O) groups is 2. The van der Waals surface area contributed by atoms with E-state index in [1.807, 2.05) is 0 Å². The van der Waals surface area contributed by atoms with Crippen LogP contribution in [0.2, 0.25) is 0 Å². The molecule has 0 radical (unpaired) electrons. The van der Waals surface area contributed by atoms with Crippen molar-refractivity contribution in [1.29, 1.82) is 0 Å². The number of hydrogen-bond donors (Lipinski definition) is 0. The minimum atomic E-state index is -0.474. The molecule has 0 saturated carbocycles. The molecule has 0 aliphatic heterocycles. The summed E-state index contributed by atoms with van der Waals surface area (Å²) in [6, 6.07) is 0. The molecule has 164 valence electrons. The molecule has 0 saturated heterocycles. The van der Waals surface area contributed by atoms with Crippen molar-refractivity contribution >= 4 is 11.9 Å². The lowest BCUT2D eigenvalue weighted by atomic mass is 9.88. The Morgan fingerprint density at radius 1 is 0.679 bits per heavy atom. The fraction of sp³-hybridized carbons (Fsp3) is 0.833. The van der Waals surface area contributed by atoms with Gasteiger partial charge in [-0.15, -0.1) is 0 Å². The van der Waals surface area contributed by atoms with Gasteiger partial charge >= 0.3 is 11.9 Å². The van der Waals surface area contributed by atoms with Crippen LogP contribution >= 0.6 is 0 Å². The molecule has 0 aliphatic rings. The highest BCUT2D eigenvalue weighted by Gasteiger charge is 2.14. The number of unbranched alkanes of at least 4 members (excludes halogenated alkanes) is 2. The summed E-state index contributed by atoms with van der Waals surface area (Å²) in [5.74, 6) is 1.37. The van der Waals surface area contributed by atoms with Crippen molar-refractivity contribution in [2.45, 2.75) is 92.9 Å². The minimum Gasteiger partial charge on any atom is -0.463 e. The molecule has 0 bridgehead atoms. The van der Waals surface area contributed by atoms with Gasteiger partial charge in [0.25, 0.3) is 0 Å². The van der Waals surface area contributed by atoms with E-state index < -0.39 is 11.9 Å². The Morgan fingerprint density at radius 2 is 1.04 bits per heavy atom. The summed E-state index contributed by atoms with van der Waals surface area (Å²) in [6.45, 7) is 14.0. The number of carbonyl (C=O) groups excluding carboxylic acids is 2. The van der Waals surface area contributed by atoms with Gasteiger partial charge in [0.1, 0.15) is 0 Å². The largest absolute Gasteiger partial charge is 0.463 e. The maximum Gasteiger partial charge on any atom is 0.331 e. The lowest BCUT2D eigenvalue weighted by molar-refractivity contribution is -0.141. The van der Waals surface area contributed by atoms with Gasteiger partial charge in [-0.05, 0) is 36.5 Å². The van der Waals surface area contributed by atoms with Gasteiger partial charge in [0.2, 0.25) is 0 Å². The zero-order valence-electron chi connectivity index (χ0n) is 19.2. The Labute approximate surface area is 173 Å². The molecule has 0 aliphatic carbocycles. The molecule has 4 heteroatoms. The standard InChI is InChI=1S/C24H44O4/c1-7-9-11-21(19(3)4)15-17-27-23(25)13-14-24(26)28-18-16-22(20(5)6)12-10-8-2/h13-14,19-22H,7-12,15-18H2,1-6H3. The third kappa shape index (κ3) is 13.8. The Hall–Kier alpha value is -1.32. The maximum atomic E-state index is 11.8. The van der Waals surface area contributed by atoms with E-state index in [1.165, 1.54) is 50.7 Å². The molecule has 2 unspecified atom stereocenters. The Morgan fingerprint density at radius 3 is 1.32 bits per heavy atom. The molecular weight excluding hydrogens is 352 g/mol. The predicted molar refractivity (Wildman–Crippen MR) is 116 cm³/mol. The van der Waals surface area contributed by atoms with Crippen LogP contribution in [0.3, 0.4) is 0 Å². The molecule has 0 aromatic carbocycles. The van der Waals surface area contributed by atoms with Crippen molar-refractivity contribution in [3.05, 3.63) is 12.2 Å². The fourth-order valence-electron chi connectivity index (χ4n) is 3.41. The number of esters is 2. The highest BCUT2D eigenvalue weighted by molar-refractivity contribution is 5.91. The summed E-state index contributed by atoms with van der Waals surface area (Å²) < 4.78 is 10.5. The van der Waals surface area contributed by atoms with E-state index >= 15 is 0 Å². The quantitative estimate of drug-likeness (QED) is 0.226. The molecule has 0 aromatic rings. The molecule has 0 spiro atoms. The average molecular weight is 397 g/mol. The van der Waals surface area contributed by atoms with E-state index in [2.05, 4.69) is 41.5 Å². The summed E-state index contributed by atoms with van der Waals surface area (Å²) in [5, 5.41) is 0. The monoisotopic (exact) mass is 396 g/mol. The fourth-order valence-corrected chi connectivity index (χ4v) is 3.41. The second-order valence-corrected chi connectivity index (χ2v) is 8.54. The first-order valence-corrected chi connectivity index (χ1v) is 11.3. The predicted octanol–water partition coefficient (Wildman–Crippen LogP) is 6.33. The van der Waals surface area contributed by atoms with Crippen LogP contribution in [0, 0.1) is 23.7 Å². The van der Waals surface area contributed by atoms with Gasteiger partial charge in [0, 0.05) is 12.2 Å². The van der Waals surface area contributed by atoms with Gasteiger partial charge in [-0.25, -0.2) is 9.59 Å². The van der Waals surface area contributed by atoms with E-state index in [0.717, 1.165) is 12.8 Å². The normalized spacial score (nSPS) is 13.9. The average Bonchev–Trinajstić information content (AvgIpc) is 2.64. The van der Waals surface area contributed by atoms with Gasteiger partial charge < -0.3 is 9.47 Å². The summed E-state index contributed by atoms with van der Waals surface area (Å²) in [7, 11) is 0. The van der Waals surface area contributed by atoms with Gasteiger partial charge in [0.15, 0.2) is 0 Å². The zero-order chi connectivity index (χ0) is 21.4. The summed E-state index contributed by atoms with van der Waals surface area (Å²) in [5.41, 5.74) is 0. The molecular formula is C24H44O4. The summed E-state index contributed by atoms with van der Waals surface area (Å²) >= 11 is 0. The third-order valence-electron chi connectivity index (χ3n) is 5.56. The number of hydrogen-bond acceptors (Lipinski definition) is 4. The zero-order valence-corrected chi connectivity index (χ0v) is 19.2. The third-order valence-corrected chi connectivity index (χ3v) is 5.56. The first-order valence-electron chi connectivity index (χ1n) is 11.3. The van der Waals surface area contributed by atoms with Crippen LogP contribution in [0.4, 0.5) is 0 Å². The topological polar surface area (TPSA) is 52.6 Å². The molecule has 0 aromatic heterocycles. The Kier molecular flexibility index (Phi) is 15.8. The van der Waals surface area contributed by atoms with E-state index in [9.17, 15) is 9.59 Å². The van der Waals surface area contributed by atoms with Crippen LogP contribution in [0.25, 0.3) is 0 Å². The van der Waals surface area contributed by atoms with Gasteiger partial charge in [-0.2, -0.15) is 0 Å². The van der Waals surface area contributed by atoms with Gasteiger partial charge in [-0.3, -0.25) is 0 Å². The maximum absolute atomic E-state index is 11.8. The highest BCUT2D eigenvalue weighted by Crippen LogP contribution is 2.22. The molecule has 0 heterocycles. The molecule has 0 amide bonds. The van der Waals surface area contributed by atoms with Crippen molar-refractivity contribution in [2.75, 3.05) is 13.2 Å². The van der Waals surface area contributed by atoms with E-state index in [1.54, 1.807) is 0 Å². The van der Waals surface area contributed by atoms with Gasteiger partial charge in [-0.1, -0.05) is 80.1 Å². The van der Waals surface area contributed by atoms with Crippen LogP contribution in [0.5, 0.6) is 0 Å². The van der Waals surface area contributed by atoms with E-state index in [0.29, 0.717) is 36.9 Å². The van der Waals surface area contributed by atoms with E-state index in [4.69, 9.17) is 9.47 Å². The molecule has 0 rings (SSSR count). The van der Waals surface area contributed by atoms with Crippen molar-refractivity contribution in [2.24, 2.45) is 23.7 Å². The van der Waals surface area contributed by atoms with Gasteiger partial charge in [0.05, 0.1) is 13.2 Å². The second-order valence-electron chi connectivity index (χ2n) is 8.54. The minimum absolute atomic E-state index is 0.401. The lowest BCUT2D eigenvalue weighted by Crippen LogP contribution is -2.14. The van der Waals surface area contributed by atoms with E-state index in [-0.39, 0.29) is 0 Å².